The maximum Gasteiger partial charge on any atom is 0.289 e. The summed E-state index contributed by atoms with van der Waals surface area (Å²) in [6.45, 7) is 4.87. The number of amides is 1. The molecule has 2 aromatic rings. The minimum Gasteiger partial charge on any atom is -0.456 e. The van der Waals surface area contributed by atoms with Gasteiger partial charge in [-0.2, -0.15) is 0 Å². The van der Waals surface area contributed by atoms with Crippen molar-refractivity contribution in [1.82, 2.24) is 24.8 Å². The molecule has 8 nitrogen and oxygen atoms in total. The Bertz CT molecular complexity index is 736. The van der Waals surface area contributed by atoms with Crippen LogP contribution in [-0.2, 0) is 18.3 Å². The van der Waals surface area contributed by atoms with E-state index in [-0.39, 0.29) is 11.8 Å². The van der Waals surface area contributed by atoms with Crippen molar-refractivity contribution >= 4 is 5.91 Å². The van der Waals surface area contributed by atoms with E-state index in [0.29, 0.717) is 32.1 Å². The van der Waals surface area contributed by atoms with Crippen molar-refractivity contribution in [2.75, 3.05) is 40.4 Å². The number of hydrogen-bond donors (Lipinski definition) is 0. The Kier molecular flexibility index (Phi) is 5.19. The third kappa shape index (κ3) is 3.91. The fourth-order valence-electron chi connectivity index (χ4n) is 3.08. The lowest BCUT2D eigenvalue weighted by Crippen LogP contribution is -2.40. The Morgan fingerprint density at radius 3 is 2.92 bits per heavy atom. The summed E-state index contributed by atoms with van der Waals surface area (Å²) in [4.78, 5) is 16.6. The van der Waals surface area contributed by atoms with Crippen molar-refractivity contribution in [3.63, 3.8) is 0 Å². The minimum atomic E-state index is -0.123. The number of rotatable bonds is 6. The molecule has 0 unspecified atom stereocenters. The zero-order valence-corrected chi connectivity index (χ0v) is 15.2. The van der Waals surface area contributed by atoms with Crippen molar-refractivity contribution in [2.24, 2.45) is 7.05 Å². The van der Waals surface area contributed by atoms with Gasteiger partial charge in [0.15, 0.2) is 5.76 Å². The van der Waals surface area contributed by atoms with E-state index in [1.807, 2.05) is 28.1 Å². The summed E-state index contributed by atoms with van der Waals surface area (Å²) in [5.41, 5.74) is 1.87. The number of hydrogen-bond acceptors (Lipinski definition) is 6. The fourth-order valence-corrected chi connectivity index (χ4v) is 3.08. The average Bonchev–Trinajstić information content (AvgIpc) is 3.17. The van der Waals surface area contributed by atoms with Crippen LogP contribution < -0.4 is 0 Å². The molecule has 0 aliphatic carbocycles. The van der Waals surface area contributed by atoms with E-state index in [2.05, 4.69) is 15.2 Å². The van der Waals surface area contributed by atoms with Gasteiger partial charge in [0.25, 0.3) is 5.91 Å². The van der Waals surface area contributed by atoms with E-state index in [9.17, 15) is 4.79 Å². The molecular formula is C17H25N5O3. The molecule has 0 spiro atoms. The van der Waals surface area contributed by atoms with E-state index in [1.165, 1.54) is 0 Å². The average molecular weight is 347 g/mol. The first-order valence-corrected chi connectivity index (χ1v) is 8.42. The predicted octanol–water partition coefficient (Wildman–Crippen LogP) is 1.03. The summed E-state index contributed by atoms with van der Waals surface area (Å²) in [7, 11) is 5.91. The number of aromatic nitrogens is 3. The number of ether oxygens (including phenoxy) is 1. The second kappa shape index (κ2) is 7.37. The van der Waals surface area contributed by atoms with Gasteiger partial charge in [-0.25, -0.2) is 0 Å². The Balaban J connectivity index is 1.73. The highest BCUT2D eigenvalue weighted by molar-refractivity contribution is 5.91. The van der Waals surface area contributed by atoms with Crippen molar-refractivity contribution in [2.45, 2.75) is 19.4 Å². The van der Waals surface area contributed by atoms with Crippen LogP contribution in [0.3, 0.4) is 0 Å². The normalized spacial score (nSPS) is 17.2. The maximum absolute atomic E-state index is 12.7. The first-order valence-electron chi connectivity index (χ1n) is 8.42. The molecular weight excluding hydrogens is 322 g/mol. The molecule has 3 heterocycles. The fraction of sp³-hybridized carbons (Fsp3) is 0.588. The van der Waals surface area contributed by atoms with Crippen LogP contribution in [0, 0.1) is 6.92 Å². The van der Waals surface area contributed by atoms with Crippen molar-refractivity contribution in [3.05, 3.63) is 35.0 Å². The van der Waals surface area contributed by atoms with E-state index in [4.69, 9.17) is 9.15 Å². The van der Waals surface area contributed by atoms with Gasteiger partial charge in [0.05, 0.1) is 25.5 Å². The van der Waals surface area contributed by atoms with Crippen molar-refractivity contribution < 1.29 is 13.9 Å². The van der Waals surface area contributed by atoms with Gasteiger partial charge < -0.3 is 19.0 Å². The quantitative estimate of drug-likeness (QED) is 0.727. The van der Waals surface area contributed by atoms with Crippen LogP contribution in [-0.4, -0.2) is 71.1 Å². The number of carbonyl (C=O) groups is 1. The monoisotopic (exact) mass is 347 g/mol. The first-order chi connectivity index (χ1) is 12.0. The Morgan fingerprint density at radius 2 is 2.24 bits per heavy atom. The van der Waals surface area contributed by atoms with Crippen molar-refractivity contribution in [3.8, 4) is 0 Å². The molecule has 3 rings (SSSR count). The lowest BCUT2D eigenvalue weighted by atomic mass is 9.98. The standard InChI is InChI=1S/C17H25N5O3/c1-12-5-6-15(25-12)17(23)22-9-13(11-24-8-7-20(2)3)16-14(10-22)18-19-21(16)4/h5-6,13H,7-11H2,1-4H3/t13-/m0/s1. The summed E-state index contributed by atoms with van der Waals surface area (Å²) in [6.07, 6.45) is 0. The van der Waals surface area contributed by atoms with Gasteiger partial charge in [0.2, 0.25) is 0 Å². The maximum atomic E-state index is 12.7. The molecule has 1 aliphatic heterocycles. The summed E-state index contributed by atoms with van der Waals surface area (Å²) in [6, 6.07) is 3.51. The first kappa shape index (κ1) is 17.6. The molecule has 0 N–H and O–H groups in total. The lowest BCUT2D eigenvalue weighted by molar-refractivity contribution is 0.0586. The number of carbonyl (C=O) groups excluding carboxylic acids is 1. The molecule has 1 atom stereocenters. The number of furan rings is 1. The summed E-state index contributed by atoms with van der Waals surface area (Å²) in [5, 5.41) is 8.34. The molecule has 2 aromatic heterocycles. The van der Waals surface area contributed by atoms with E-state index >= 15 is 0 Å². The molecule has 0 fully saturated rings. The van der Waals surface area contributed by atoms with Crippen LogP contribution >= 0.6 is 0 Å². The molecule has 0 bridgehead atoms. The lowest BCUT2D eigenvalue weighted by Gasteiger charge is -2.31. The summed E-state index contributed by atoms with van der Waals surface area (Å²) >= 11 is 0. The highest BCUT2D eigenvalue weighted by Crippen LogP contribution is 2.28. The second-order valence-corrected chi connectivity index (χ2v) is 6.72. The SMILES string of the molecule is Cc1ccc(C(=O)N2Cc3nnn(C)c3[C@H](COCCN(C)C)C2)o1. The number of nitrogens with zero attached hydrogens (tertiary/aromatic N) is 5. The minimum absolute atomic E-state index is 0.0471. The van der Waals surface area contributed by atoms with Crippen LogP contribution in [0.5, 0.6) is 0 Å². The summed E-state index contributed by atoms with van der Waals surface area (Å²) in [5.74, 6) is 1.01. The third-order valence-corrected chi connectivity index (χ3v) is 4.35. The highest BCUT2D eigenvalue weighted by Gasteiger charge is 2.33. The van der Waals surface area contributed by atoms with Crippen molar-refractivity contribution in [1.29, 1.82) is 0 Å². The van der Waals surface area contributed by atoms with Gasteiger partial charge in [-0.1, -0.05) is 5.21 Å². The molecule has 1 amide bonds. The zero-order chi connectivity index (χ0) is 18.0. The largest absolute Gasteiger partial charge is 0.456 e. The number of aryl methyl sites for hydroxylation is 2. The van der Waals surface area contributed by atoms with Crippen LogP contribution in [0.1, 0.15) is 33.6 Å². The zero-order valence-electron chi connectivity index (χ0n) is 15.2. The topological polar surface area (TPSA) is 76.6 Å². The van der Waals surface area contributed by atoms with E-state index < -0.39 is 0 Å². The third-order valence-electron chi connectivity index (χ3n) is 4.35. The van der Waals surface area contributed by atoms with Gasteiger partial charge in [0, 0.05) is 26.1 Å². The molecule has 136 valence electrons. The van der Waals surface area contributed by atoms with Crippen LogP contribution in [0.15, 0.2) is 16.5 Å². The van der Waals surface area contributed by atoms with Crippen LogP contribution in [0.25, 0.3) is 0 Å². The Hall–Kier alpha value is -2.19. The van der Waals surface area contributed by atoms with Gasteiger partial charge in [-0.05, 0) is 33.2 Å². The van der Waals surface area contributed by atoms with E-state index in [1.54, 1.807) is 21.7 Å². The highest BCUT2D eigenvalue weighted by atomic mass is 16.5. The molecule has 25 heavy (non-hydrogen) atoms. The molecule has 1 aliphatic rings. The van der Waals surface area contributed by atoms with Gasteiger partial charge in [-0.3, -0.25) is 9.48 Å². The molecule has 0 saturated carbocycles. The number of likely N-dealkylation sites (N-methyl/N-ethyl adjacent to an activating group) is 1. The Morgan fingerprint density at radius 1 is 1.44 bits per heavy atom. The van der Waals surface area contributed by atoms with Crippen LogP contribution in [0.4, 0.5) is 0 Å². The van der Waals surface area contributed by atoms with E-state index in [0.717, 1.165) is 23.7 Å². The summed E-state index contributed by atoms with van der Waals surface area (Å²) < 4.78 is 13.1. The predicted molar refractivity (Wildman–Crippen MR) is 91.3 cm³/mol. The van der Waals surface area contributed by atoms with Crippen LogP contribution in [0.2, 0.25) is 0 Å². The van der Waals surface area contributed by atoms with Gasteiger partial charge >= 0.3 is 0 Å². The van der Waals surface area contributed by atoms with Gasteiger partial charge in [-0.15, -0.1) is 5.10 Å². The smallest absolute Gasteiger partial charge is 0.289 e. The molecule has 0 radical (unpaired) electrons. The number of fused-ring (bicyclic) bond motifs is 1. The molecule has 8 heteroatoms. The van der Waals surface area contributed by atoms with Gasteiger partial charge in [0.1, 0.15) is 11.5 Å². The second-order valence-electron chi connectivity index (χ2n) is 6.72. The Labute approximate surface area is 147 Å². The molecule has 0 saturated heterocycles. The molecule has 0 aromatic carbocycles.